The molecule has 2 heterocycles. The fourth-order valence-corrected chi connectivity index (χ4v) is 4.99. The van der Waals surface area contributed by atoms with Gasteiger partial charge in [-0.25, -0.2) is 8.42 Å². The van der Waals surface area contributed by atoms with Gasteiger partial charge >= 0.3 is 0 Å². The Balaban J connectivity index is 1.87. The normalized spacial score (nSPS) is 21.5. The lowest BCUT2D eigenvalue weighted by Crippen LogP contribution is -2.36. The molecule has 2 saturated heterocycles. The van der Waals surface area contributed by atoms with Crippen LogP contribution in [-0.2, 0) is 19.6 Å². The minimum atomic E-state index is -3.67. The average molecular weight is 382 g/mol. The van der Waals surface area contributed by atoms with Crippen molar-refractivity contribution >= 4 is 21.6 Å². The molecule has 1 aromatic rings. The monoisotopic (exact) mass is 382 g/mol. The lowest BCUT2D eigenvalue weighted by Gasteiger charge is -2.27. The second-order valence-corrected chi connectivity index (χ2v) is 8.46. The Hall–Kier alpha value is -1.64. The van der Waals surface area contributed by atoms with Crippen molar-refractivity contribution in [3.05, 3.63) is 18.2 Å². The molecule has 1 unspecified atom stereocenters. The number of carbonyl (C=O) groups excluding carboxylic acids is 1. The number of ether oxygens (including phenoxy) is 2. The molecular weight excluding hydrogens is 356 g/mol. The van der Waals surface area contributed by atoms with Gasteiger partial charge in [-0.2, -0.15) is 4.31 Å². The molecule has 2 aliphatic rings. The van der Waals surface area contributed by atoms with Gasteiger partial charge in [-0.15, -0.1) is 0 Å². The first-order valence-electron chi connectivity index (χ1n) is 9.22. The van der Waals surface area contributed by atoms with Gasteiger partial charge in [0.15, 0.2) is 0 Å². The van der Waals surface area contributed by atoms with Crippen LogP contribution >= 0.6 is 0 Å². The zero-order valence-electron chi connectivity index (χ0n) is 15.1. The summed E-state index contributed by atoms with van der Waals surface area (Å²) in [6, 6.07) is 4.75. The lowest BCUT2D eigenvalue weighted by molar-refractivity contribution is -0.124. The van der Waals surface area contributed by atoms with E-state index in [1.54, 1.807) is 12.1 Å². The smallest absolute Gasteiger partial charge is 0.253 e. The summed E-state index contributed by atoms with van der Waals surface area (Å²) in [5.41, 5.74) is 0.435. The Morgan fingerprint density at radius 1 is 1.27 bits per heavy atom. The van der Waals surface area contributed by atoms with E-state index in [1.807, 2.05) is 6.92 Å². The number of hydrogen-bond acceptors (Lipinski definition) is 5. The van der Waals surface area contributed by atoms with Gasteiger partial charge in [0, 0.05) is 25.4 Å². The summed E-state index contributed by atoms with van der Waals surface area (Å²) >= 11 is 0. The largest absolute Gasteiger partial charge is 0.492 e. The molecule has 0 spiro atoms. The second kappa shape index (κ2) is 8.37. The van der Waals surface area contributed by atoms with Crippen molar-refractivity contribution in [2.24, 2.45) is 0 Å². The number of piperidine rings is 1. The van der Waals surface area contributed by atoms with E-state index in [9.17, 15) is 13.2 Å². The minimum Gasteiger partial charge on any atom is -0.492 e. The molecule has 3 rings (SSSR count). The van der Waals surface area contributed by atoms with Crippen molar-refractivity contribution in [3.63, 3.8) is 0 Å². The Morgan fingerprint density at radius 3 is 2.69 bits per heavy atom. The first kappa shape index (κ1) is 19.1. The van der Waals surface area contributed by atoms with E-state index in [-0.39, 0.29) is 10.8 Å². The Labute approximate surface area is 154 Å². The molecule has 7 nitrogen and oxygen atoms in total. The summed E-state index contributed by atoms with van der Waals surface area (Å²) in [4.78, 5) is 12.4. The fraction of sp³-hybridized carbons (Fsp3) is 0.611. The molecule has 1 atom stereocenters. The van der Waals surface area contributed by atoms with Crippen molar-refractivity contribution in [1.82, 2.24) is 4.31 Å². The molecule has 8 heteroatoms. The van der Waals surface area contributed by atoms with Crippen LogP contribution in [0.5, 0.6) is 5.75 Å². The van der Waals surface area contributed by atoms with Crippen LogP contribution in [0.3, 0.4) is 0 Å². The molecule has 0 bridgehead atoms. The van der Waals surface area contributed by atoms with Crippen LogP contribution in [-0.4, -0.2) is 51.0 Å². The maximum absolute atomic E-state index is 13.1. The summed E-state index contributed by atoms with van der Waals surface area (Å²) in [5, 5.41) is 2.77. The summed E-state index contributed by atoms with van der Waals surface area (Å²) < 4.78 is 38.6. The van der Waals surface area contributed by atoms with Gasteiger partial charge < -0.3 is 14.8 Å². The molecule has 0 aromatic heterocycles. The Bertz CT molecular complexity index is 738. The highest BCUT2D eigenvalue weighted by Crippen LogP contribution is 2.31. The molecule has 0 aliphatic carbocycles. The second-order valence-electron chi connectivity index (χ2n) is 6.55. The molecule has 2 fully saturated rings. The van der Waals surface area contributed by atoms with Crippen LogP contribution in [0.15, 0.2) is 23.1 Å². The number of nitrogens with one attached hydrogen (secondary N) is 1. The van der Waals surface area contributed by atoms with E-state index in [4.69, 9.17) is 9.47 Å². The molecule has 0 radical (unpaired) electrons. The highest BCUT2D eigenvalue weighted by molar-refractivity contribution is 7.89. The number of nitrogens with zero attached hydrogens (tertiary/aromatic N) is 1. The summed E-state index contributed by atoms with van der Waals surface area (Å²) in [5.74, 6) is 0.0705. The molecule has 1 N–H and O–H groups in total. The van der Waals surface area contributed by atoms with Gasteiger partial charge in [-0.1, -0.05) is 6.42 Å². The summed E-state index contributed by atoms with van der Waals surface area (Å²) in [6.07, 6.45) is 3.83. The van der Waals surface area contributed by atoms with Crippen LogP contribution in [0.25, 0.3) is 0 Å². The van der Waals surface area contributed by atoms with E-state index < -0.39 is 16.1 Å². The van der Waals surface area contributed by atoms with Crippen molar-refractivity contribution in [1.29, 1.82) is 0 Å². The van der Waals surface area contributed by atoms with Crippen molar-refractivity contribution in [3.8, 4) is 5.75 Å². The summed E-state index contributed by atoms with van der Waals surface area (Å²) in [7, 11) is -3.67. The number of amides is 1. The van der Waals surface area contributed by atoms with E-state index in [2.05, 4.69) is 5.32 Å². The van der Waals surface area contributed by atoms with E-state index in [0.29, 0.717) is 44.2 Å². The summed E-state index contributed by atoms with van der Waals surface area (Å²) in [6.45, 7) is 3.78. The Kier molecular flexibility index (Phi) is 6.16. The number of sulfonamides is 1. The molecule has 144 valence electrons. The molecule has 26 heavy (non-hydrogen) atoms. The van der Waals surface area contributed by atoms with Crippen LogP contribution < -0.4 is 10.1 Å². The van der Waals surface area contributed by atoms with Crippen molar-refractivity contribution < 1.29 is 22.7 Å². The third-order valence-electron chi connectivity index (χ3n) is 4.67. The first-order chi connectivity index (χ1) is 12.5. The average Bonchev–Trinajstić information content (AvgIpc) is 3.19. The molecule has 0 saturated carbocycles. The molecule has 1 aromatic carbocycles. The number of anilines is 1. The maximum atomic E-state index is 13.1. The van der Waals surface area contributed by atoms with Crippen molar-refractivity contribution in [2.45, 2.75) is 50.0 Å². The quantitative estimate of drug-likeness (QED) is 0.816. The minimum absolute atomic E-state index is 0.103. The molecular formula is C18H26N2O5S. The third-order valence-corrected chi connectivity index (χ3v) is 6.59. The van der Waals surface area contributed by atoms with Crippen LogP contribution in [0.1, 0.15) is 39.0 Å². The highest BCUT2D eigenvalue weighted by atomic mass is 32.2. The van der Waals surface area contributed by atoms with Gasteiger partial charge in [0.05, 0.1) is 6.61 Å². The van der Waals surface area contributed by atoms with Gasteiger partial charge in [-0.05, 0) is 50.8 Å². The first-order valence-corrected chi connectivity index (χ1v) is 10.7. The Morgan fingerprint density at radius 2 is 2.04 bits per heavy atom. The predicted octanol–water partition coefficient (Wildman–Crippen LogP) is 2.38. The van der Waals surface area contributed by atoms with Crippen LogP contribution in [0, 0.1) is 0 Å². The fourth-order valence-electron chi connectivity index (χ4n) is 3.31. The highest BCUT2D eigenvalue weighted by Gasteiger charge is 2.30. The van der Waals surface area contributed by atoms with Crippen LogP contribution in [0.2, 0.25) is 0 Å². The molecule has 2 aliphatic heterocycles. The third kappa shape index (κ3) is 4.19. The van der Waals surface area contributed by atoms with Gasteiger partial charge in [0.25, 0.3) is 5.91 Å². The van der Waals surface area contributed by atoms with Crippen molar-refractivity contribution in [2.75, 3.05) is 31.6 Å². The van der Waals surface area contributed by atoms with E-state index >= 15 is 0 Å². The van der Waals surface area contributed by atoms with Gasteiger partial charge in [0.1, 0.15) is 16.7 Å². The number of carbonyl (C=O) groups is 1. The molecule has 1 amide bonds. The van der Waals surface area contributed by atoms with Gasteiger partial charge in [0.2, 0.25) is 10.0 Å². The van der Waals surface area contributed by atoms with Gasteiger partial charge in [-0.3, -0.25) is 4.79 Å². The number of benzene rings is 1. The zero-order chi connectivity index (χ0) is 18.6. The standard InChI is InChI=1S/C18H26N2O5S/c1-2-24-15-9-8-14(19-18(21)16-7-6-12-25-16)13-17(15)26(22,23)20-10-4-3-5-11-20/h8-9,13,16H,2-7,10-12H2,1H3,(H,19,21). The topological polar surface area (TPSA) is 84.9 Å². The number of hydrogen-bond donors (Lipinski definition) is 1. The predicted molar refractivity (Wildman–Crippen MR) is 97.8 cm³/mol. The SMILES string of the molecule is CCOc1ccc(NC(=O)C2CCCO2)cc1S(=O)(=O)N1CCCCC1. The lowest BCUT2D eigenvalue weighted by atomic mass is 10.2. The zero-order valence-corrected chi connectivity index (χ0v) is 15.9. The maximum Gasteiger partial charge on any atom is 0.253 e. The van der Waals surface area contributed by atoms with E-state index in [1.165, 1.54) is 10.4 Å². The number of rotatable bonds is 6. The van der Waals surface area contributed by atoms with Crippen LogP contribution in [0.4, 0.5) is 5.69 Å². The van der Waals surface area contributed by atoms with E-state index in [0.717, 1.165) is 25.7 Å².